The molecule has 21 heavy (non-hydrogen) atoms. The molecule has 0 atom stereocenters. The van der Waals surface area contributed by atoms with Crippen LogP contribution < -0.4 is 5.32 Å². The molecule has 112 valence electrons. The van der Waals surface area contributed by atoms with Gasteiger partial charge in [0.1, 0.15) is 17.3 Å². The zero-order chi connectivity index (χ0) is 14.9. The Labute approximate surface area is 132 Å². The molecule has 0 aliphatic heterocycles. The Morgan fingerprint density at radius 3 is 2.57 bits per heavy atom. The van der Waals surface area contributed by atoms with Gasteiger partial charge in [-0.25, -0.2) is 8.42 Å². The number of rotatable bonds is 6. The third-order valence-corrected chi connectivity index (χ3v) is 6.01. The van der Waals surface area contributed by atoms with Crippen molar-refractivity contribution in [1.29, 1.82) is 0 Å². The van der Waals surface area contributed by atoms with Crippen molar-refractivity contribution in [3.63, 3.8) is 0 Å². The number of furan rings is 1. The van der Waals surface area contributed by atoms with Gasteiger partial charge < -0.3 is 9.73 Å². The quantitative estimate of drug-likeness (QED) is 0.848. The van der Waals surface area contributed by atoms with Gasteiger partial charge in [0.15, 0.2) is 9.84 Å². The summed E-state index contributed by atoms with van der Waals surface area (Å²) in [7, 11) is -3.41. The summed E-state index contributed by atoms with van der Waals surface area (Å²) in [6.45, 7) is 0.653. The van der Waals surface area contributed by atoms with Crippen LogP contribution in [0.2, 0.25) is 0 Å². The van der Waals surface area contributed by atoms with Gasteiger partial charge in [0.2, 0.25) is 0 Å². The van der Waals surface area contributed by atoms with E-state index in [0.29, 0.717) is 27.7 Å². The van der Waals surface area contributed by atoms with Crippen molar-refractivity contribution in [3.05, 3.63) is 52.4 Å². The minimum atomic E-state index is -3.41. The van der Waals surface area contributed by atoms with Crippen LogP contribution in [-0.2, 0) is 22.1 Å². The van der Waals surface area contributed by atoms with E-state index >= 15 is 0 Å². The fourth-order valence-electron chi connectivity index (χ4n) is 2.09. The van der Waals surface area contributed by atoms with E-state index in [2.05, 4.69) is 21.2 Å². The Bertz CT molecular complexity index is 735. The van der Waals surface area contributed by atoms with Crippen LogP contribution in [0.25, 0.3) is 0 Å². The van der Waals surface area contributed by atoms with Gasteiger partial charge in [0.05, 0.1) is 11.4 Å². The molecule has 1 aromatic heterocycles. The Balaban J connectivity index is 1.71. The number of nitrogens with one attached hydrogen (secondary N) is 1. The predicted molar refractivity (Wildman–Crippen MR) is 83.6 cm³/mol. The molecular weight excluding hydrogens is 354 g/mol. The molecule has 4 nitrogen and oxygen atoms in total. The second-order valence-corrected chi connectivity index (χ2v) is 8.03. The van der Waals surface area contributed by atoms with Crippen LogP contribution in [0.1, 0.15) is 24.4 Å². The molecule has 0 radical (unpaired) electrons. The maximum absolute atomic E-state index is 12.4. The highest BCUT2D eigenvalue weighted by Crippen LogP contribution is 2.25. The van der Waals surface area contributed by atoms with E-state index in [1.54, 1.807) is 30.3 Å². The lowest BCUT2D eigenvalue weighted by Gasteiger charge is -2.05. The van der Waals surface area contributed by atoms with E-state index in [1.165, 1.54) is 12.8 Å². The van der Waals surface area contributed by atoms with Crippen LogP contribution in [-0.4, -0.2) is 14.5 Å². The number of sulfone groups is 1. The predicted octanol–water partition coefficient (Wildman–Crippen LogP) is 3.27. The van der Waals surface area contributed by atoms with Crippen LogP contribution >= 0.6 is 15.9 Å². The third-order valence-electron chi connectivity index (χ3n) is 3.36. The molecule has 1 aliphatic carbocycles. The van der Waals surface area contributed by atoms with Crippen molar-refractivity contribution in [2.24, 2.45) is 0 Å². The van der Waals surface area contributed by atoms with E-state index in [1.807, 2.05) is 6.07 Å². The molecule has 0 bridgehead atoms. The standard InChI is InChI=1S/C15H16BrNO3S/c16-14-3-1-2-4-15(14)21(18,19)10-13-8-7-12(20-13)9-17-11-5-6-11/h1-4,7-8,11,17H,5-6,9-10H2. The van der Waals surface area contributed by atoms with Gasteiger partial charge in [-0.1, -0.05) is 12.1 Å². The Morgan fingerprint density at radius 2 is 1.86 bits per heavy atom. The van der Waals surface area contributed by atoms with Crippen LogP contribution in [0.3, 0.4) is 0 Å². The molecule has 3 rings (SSSR count). The molecule has 0 unspecified atom stereocenters. The Kier molecular flexibility index (Phi) is 4.19. The zero-order valence-corrected chi connectivity index (χ0v) is 13.8. The van der Waals surface area contributed by atoms with Crippen molar-refractivity contribution < 1.29 is 12.8 Å². The van der Waals surface area contributed by atoms with Gasteiger partial charge >= 0.3 is 0 Å². The largest absolute Gasteiger partial charge is 0.464 e. The van der Waals surface area contributed by atoms with Gasteiger partial charge in [0.25, 0.3) is 0 Å². The SMILES string of the molecule is O=S(=O)(Cc1ccc(CNC2CC2)o1)c1ccccc1Br. The molecule has 1 aromatic carbocycles. The van der Waals surface area contributed by atoms with E-state index in [4.69, 9.17) is 4.42 Å². The van der Waals surface area contributed by atoms with Gasteiger partial charge in [-0.2, -0.15) is 0 Å². The van der Waals surface area contributed by atoms with Crippen molar-refractivity contribution in [2.45, 2.75) is 36.1 Å². The van der Waals surface area contributed by atoms with Crippen molar-refractivity contribution >= 4 is 25.8 Å². The fourth-order valence-corrected chi connectivity index (χ4v) is 4.45. The maximum atomic E-state index is 12.4. The van der Waals surface area contributed by atoms with E-state index in [-0.39, 0.29) is 5.75 Å². The lowest BCUT2D eigenvalue weighted by atomic mass is 10.4. The molecule has 1 fully saturated rings. The van der Waals surface area contributed by atoms with Crippen molar-refractivity contribution in [3.8, 4) is 0 Å². The number of hydrogen-bond acceptors (Lipinski definition) is 4. The molecule has 2 aromatic rings. The maximum Gasteiger partial charge on any atom is 0.186 e. The van der Waals surface area contributed by atoms with Crippen LogP contribution in [0.15, 0.2) is 50.2 Å². The average molecular weight is 370 g/mol. The monoisotopic (exact) mass is 369 g/mol. The van der Waals surface area contributed by atoms with E-state index in [9.17, 15) is 8.42 Å². The second kappa shape index (κ2) is 5.94. The topological polar surface area (TPSA) is 59.3 Å². The molecule has 0 amide bonds. The molecule has 1 saturated carbocycles. The van der Waals surface area contributed by atoms with Gasteiger partial charge in [-0.15, -0.1) is 0 Å². The summed E-state index contributed by atoms with van der Waals surface area (Å²) in [6.07, 6.45) is 2.42. The molecule has 1 aliphatic rings. The average Bonchev–Trinajstić information content (AvgIpc) is 3.17. The van der Waals surface area contributed by atoms with Gasteiger partial charge in [-0.3, -0.25) is 0 Å². The molecule has 6 heteroatoms. The second-order valence-electron chi connectivity index (χ2n) is 5.21. The summed E-state index contributed by atoms with van der Waals surface area (Å²) in [5.41, 5.74) is 0. The minimum absolute atomic E-state index is 0.126. The van der Waals surface area contributed by atoms with E-state index in [0.717, 1.165) is 5.76 Å². The Hall–Kier alpha value is -1.11. The van der Waals surface area contributed by atoms with Crippen LogP contribution in [0.5, 0.6) is 0 Å². The first-order chi connectivity index (χ1) is 10.0. The van der Waals surface area contributed by atoms with Crippen LogP contribution in [0.4, 0.5) is 0 Å². The number of benzene rings is 1. The van der Waals surface area contributed by atoms with E-state index < -0.39 is 9.84 Å². The highest BCUT2D eigenvalue weighted by Gasteiger charge is 2.22. The molecule has 0 spiro atoms. The smallest absolute Gasteiger partial charge is 0.186 e. The third kappa shape index (κ3) is 3.75. The first-order valence-corrected chi connectivity index (χ1v) is 9.27. The minimum Gasteiger partial charge on any atom is -0.464 e. The molecule has 1 N–H and O–H groups in total. The van der Waals surface area contributed by atoms with Gasteiger partial charge in [0, 0.05) is 10.5 Å². The summed E-state index contributed by atoms with van der Waals surface area (Å²) >= 11 is 3.28. The fraction of sp³-hybridized carbons (Fsp3) is 0.333. The van der Waals surface area contributed by atoms with Gasteiger partial charge in [-0.05, 0) is 53.0 Å². The first kappa shape index (κ1) is 14.8. The summed E-state index contributed by atoms with van der Waals surface area (Å²) in [5.74, 6) is 1.12. The zero-order valence-electron chi connectivity index (χ0n) is 11.4. The summed E-state index contributed by atoms with van der Waals surface area (Å²) in [5, 5.41) is 3.34. The number of hydrogen-bond donors (Lipinski definition) is 1. The first-order valence-electron chi connectivity index (χ1n) is 6.83. The molecular formula is C15H16BrNO3S. The summed E-state index contributed by atoms with van der Waals surface area (Å²) < 4.78 is 31.0. The lowest BCUT2D eigenvalue weighted by molar-refractivity contribution is 0.455. The summed E-state index contributed by atoms with van der Waals surface area (Å²) in [6, 6.07) is 11.0. The summed E-state index contributed by atoms with van der Waals surface area (Å²) in [4.78, 5) is 0.291. The Morgan fingerprint density at radius 1 is 1.14 bits per heavy atom. The highest BCUT2D eigenvalue weighted by molar-refractivity contribution is 9.10. The highest BCUT2D eigenvalue weighted by atomic mass is 79.9. The molecule has 0 saturated heterocycles. The number of halogens is 1. The normalized spacial score (nSPS) is 15.3. The van der Waals surface area contributed by atoms with Crippen LogP contribution in [0, 0.1) is 0 Å². The lowest BCUT2D eigenvalue weighted by Crippen LogP contribution is -2.14. The van der Waals surface area contributed by atoms with Crippen molar-refractivity contribution in [2.75, 3.05) is 0 Å². The van der Waals surface area contributed by atoms with Crippen molar-refractivity contribution in [1.82, 2.24) is 5.32 Å². The molecule has 1 heterocycles.